The Hall–Kier alpha value is -1.58. The Morgan fingerprint density at radius 1 is 1.53 bits per heavy atom. The van der Waals surface area contributed by atoms with Gasteiger partial charge in [0, 0.05) is 6.42 Å². The van der Waals surface area contributed by atoms with E-state index in [4.69, 9.17) is 4.74 Å². The summed E-state index contributed by atoms with van der Waals surface area (Å²) in [4.78, 5) is 10.9. The Morgan fingerprint density at radius 3 is 2.87 bits per heavy atom. The van der Waals surface area contributed by atoms with Crippen LogP contribution in [-0.2, 0) is 11.2 Å². The molecule has 0 aliphatic carbocycles. The molecule has 0 spiro atoms. The van der Waals surface area contributed by atoms with Gasteiger partial charge in [-0.3, -0.25) is 0 Å². The number of alkyl carbamates (subject to hydrolysis) is 1. The molecule has 1 saturated heterocycles. The van der Waals surface area contributed by atoms with Crippen LogP contribution in [0.25, 0.3) is 0 Å². The van der Waals surface area contributed by atoms with Crippen LogP contribution in [0.4, 0.5) is 9.18 Å². The van der Waals surface area contributed by atoms with Crippen molar-refractivity contribution in [1.82, 2.24) is 5.32 Å². The molecule has 1 unspecified atom stereocenters. The molecule has 1 aliphatic rings. The Labute approximate surface area is 87.2 Å². The normalized spacial score (nSPS) is 24.8. The lowest BCUT2D eigenvalue weighted by molar-refractivity contribution is 0.173. The van der Waals surface area contributed by atoms with Crippen LogP contribution in [-0.4, -0.2) is 18.2 Å². The number of hydrogen-bond acceptors (Lipinski definition) is 2. The predicted molar refractivity (Wildman–Crippen MR) is 53.0 cm³/mol. The van der Waals surface area contributed by atoms with Crippen molar-refractivity contribution in [3.8, 4) is 0 Å². The van der Waals surface area contributed by atoms with Crippen molar-refractivity contribution in [2.45, 2.75) is 18.9 Å². The summed E-state index contributed by atoms with van der Waals surface area (Å²) in [5.41, 5.74) is 0.0880. The number of cyclic esters (lactones) is 1. The highest BCUT2D eigenvalue weighted by Gasteiger charge is 2.35. The molecule has 1 fully saturated rings. The van der Waals surface area contributed by atoms with E-state index in [2.05, 4.69) is 5.32 Å². The van der Waals surface area contributed by atoms with Gasteiger partial charge >= 0.3 is 6.09 Å². The molecule has 3 nitrogen and oxygen atoms in total. The number of halogens is 1. The standard InChI is InChI=1S/C11H12FNO2/c1-11(7-15-10(14)13-11)6-8-4-2-3-5-9(8)12/h2-5H,6-7H2,1H3,(H,13,14). The fourth-order valence-electron chi connectivity index (χ4n) is 1.70. The summed E-state index contributed by atoms with van der Waals surface area (Å²) >= 11 is 0. The van der Waals surface area contributed by atoms with Crippen molar-refractivity contribution in [2.75, 3.05) is 6.61 Å². The Balaban J connectivity index is 2.15. The van der Waals surface area contributed by atoms with E-state index in [-0.39, 0.29) is 12.4 Å². The Kier molecular flexibility index (Phi) is 2.34. The Bertz CT molecular complexity index is 394. The molecule has 1 aliphatic heterocycles. The SMILES string of the molecule is CC1(Cc2ccccc2F)COC(=O)N1. The van der Waals surface area contributed by atoms with Crippen LogP contribution in [0, 0.1) is 5.82 Å². The first-order valence-electron chi connectivity index (χ1n) is 4.77. The minimum absolute atomic E-state index is 0.250. The molecule has 15 heavy (non-hydrogen) atoms. The molecule has 0 aromatic heterocycles. The van der Waals surface area contributed by atoms with E-state index >= 15 is 0 Å². The fraction of sp³-hybridized carbons (Fsp3) is 0.364. The fourth-order valence-corrected chi connectivity index (χ4v) is 1.70. The second kappa shape index (κ2) is 3.53. The molecular weight excluding hydrogens is 197 g/mol. The molecule has 1 atom stereocenters. The number of carbonyl (C=O) groups is 1. The molecule has 0 saturated carbocycles. The van der Waals surface area contributed by atoms with E-state index < -0.39 is 11.6 Å². The molecule has 0 radical (unpaired) electrons. The quantitative estimate of drug-likeness (QED) is 0.807. The predicted octanol–water partition coefficient (Wildman–Crippen LogP) is 1.87. The van der Waals surface area contributed by atoms with E-state index in [1.165, 1.54) is 6.07 Å². The smallest absolute Gasteiger partial charge is 0.407 e. The van der Waals surface area contributed by atoms with Gasteiger partial charge in [0.15, 0.2) is 0 Å². The summed E-state index contributed by atoms with van der Waals surface area (Å²) in [6.45, 7) is 2.12. The van der Waals surface area contributed by atoms with Gasteiger partial charge in [0.1, 0.15) is 12.4 Å². The molecule has 4 heteroatoms. The number of ether oxygens (including phenoxy) is 1. The van der Waals surface area contributed by atoms with E-state index in [9.17, 15) is 9.18 Å². The van der Waals surface area contributed by atoms with E-state index in [0.29, 0.717) is 12.0 Å². The largest absolute Gasteiger partial charge is 0.447 e. The van der Waals surface area contributed by atoms with Crippen molar-refractivity contribution < 1.29 is 13.9 Å². The third kappa shape index (κ3) is 2.09. The molecule has 0 bridgehead atoms. The maximum Gasteiger partial charge on any atom is 0.407 e. The molecule has 1 N–H and O–H groups in total. The van der Waals surface area contributed by atoms with Crippen molar-refractivity contribution in [3.05, 3.63) is 35.6 Å². The molecule has 1 amide bonds. The van der Waals surface area contributed by atoms with Crippen LogP contribution in [0.5, 0.6) is 0 Å². The van der Waals surface area contributed by atoms with E-state index in [1.54, 1.807) is 18.2 Å². The van der Waals surface area contributed by atoms with Crippen LogP contribution >= 0.6 is 0 Å². The zero-order valence-corrected chi connectivity index (χ0v) is 8.42. The Morgan fingerprint density at radius 2 is 2.27 bits per heavy atom. The number of rotatable bonds is 2. The molecular formula is C11H12FNO2. The highest BCUT2D eigenvalue weighted by molar-refractivity contribution is 5.70. The summed E-state index contributed by atoms with van der Waals surface area (Å²) in [6.07, 6.45) is -0.000334. The highest BCUT2D eigenvalue weighted by atomic mass is 19.1. The van der Waals surface area contributed by atoms with Gasteiger partial charge in [-0.25, -0.2) is 9.18 Å². The molecule has 1 aromatic rings. The minimum atomic E-state index is -0.501. The number of hydrogen-bond donors (Lipinski definition) is 1. The second-order valence-electron chi connectivity index (χ2n) is 4.03. The van der Waals surface area contributed by atoms with Gasteiger partial charge in [-0.15, -0.1) is 0 Å². The monoisotopic (exact) mass is 209 g/mol. The number of amides is 1. The summed E-state index contributed by atoms with van der Waals surface area (Å²) in [5, 5.41) is 2.68. The third-order valence-electron chi connectivity index (χ3n) is 2.46. The maximum absolute atomic E-state index is 13.4. The maximum atomic E-state index is 13.4. The molecule has 2 rings (SSSR count). The first kappa shape index (κ1) is 9.96. The lowest BCUT2D eigenvalue weighted by Crippen LogP contribution is -2.42. The average Bonchev–Trinajstić information content (AvgIpc) is 2.51. The van der Waals surface area contributed by atoms with E-state index in [1.807, 2.05) is 6.92 Å². The van der Waals surface area contributed by atoms with Gasteiger partial charge in [0.05, 0.1) is 5.54 Å². The van der Waals surface area contributed by atoms with Crippen molar-refractivity contribution >= 4 is 6.09 Å². The van der Waals surface area contributed by atoms with Gasteiger partial charge in [0.2, 0.25) is 0 Å². The average molecular weight is 209 g/mol. The van der Waals surface area contributed by atoms with Gasteiger partial charge in [-0.2, -0.15) is 0 Å². The van der Waals surface area contributed by atoms with Crippen LogP contribution in [0.1, 0.15) is 12.5 Å². The van der Waals surface area contributed by atoms with Crippen molar-refractivity contribution in [1.29, 1.82) is 0 Å². The number of nitrogens with one attached hydrogen (secondary N) is 1. The van der Waals surface area contributed by atoms with Gasteiger partial charge in [0.25, 0.3) is 0 Å². The molecule has 1 aromatic carbocycles. The molecule has 80 valence electrons. The van der Waals surface area contributed by atoms with Crippen molar-refractivity contribution in [3.63, 3.8) is 0 Å². The lowest BCUT2D eigenvalue weighted by atomic mass is 9.94. The number of carbonyl (C=O) groups excluding carboxylic acids is 1. The topological polar surface area (TPSA) is 38.3 Å². The summed E-state index contributed by atoms with van der Waals surface area (Å²) in [7, 11) is 0. The van der Waals surface area contributed by atoms with Gasteiger partial charge < -0.3 is 10.1 Å². The van der Waals surface area contributed by atoms with Crippen LogP contribution in [0.3, 0.4) is 0 Å². The zero-order chi connectivity index (χ0) is 10.9. The lowest BCUT2D eigenvalue weighted by Gasteiger charge is -2.20. The zero-order valence-electron chi connectivity index (χ0n) is 8.42. The van der Waals surface area contributed by atoms with Crippen LogP contribution in [0.2, 0.25) is 0 Å². The summed E-state index contributed by atoms with van der Waals surface area (Å²) in [5.74, 6) is -0.250. The van der Waals surface area contributed by atoms with E-state index in [0.717, 1.165) is 0 Å². The second-order valence-corrected chi connectivity index (χ2v) is 4.03. The van der Waals surface area contributed by atoms with Crippen molar-refractivity contribution in [2.24, 2.45) is 0 Å². The molecule has 1 heterocycles. The summed E-state index contributed by atoms with van der Waals surface area (Å²) < 4.78 is 18.2. The van der Waals surface area contributed by atoms with Crippen LogP contribution < -0.4 is 5.32 Å². The highest BCUT2D eigenvalue weighted by Crippen LogP contribution is 2.20. The number of benzene rings is 1. The minimum Gasteiger partial charge on any atom is -0.447 e. The third-order valence-corrected chi connectivity index (χ3v) is 2.46. The first-order chi connectivity index (χ1) is 7.09. The van der Waals surface area contributed by atoms with Crippen LogP contribution in [0.15, 0.2) is 24.3 Å². The first-order valence-corrected chi connectivity index (χ1v) is 4.77. The van der Waals surface area contributed by atoms with Gasteiger partial charge in [-0.1, -0.05) is 18.2 Å². The van der Waals surface area contributed by atoms with Gasteiger partial charge in [-0.05, 0) is 18.6 Å². The summed E-state index contributed by atoms with van der Waals surface area (Å²) in [6, 6.07) is 6.55.